The molecule has 1 aromatic heterocycles. The molecule has 0 aliphatic carbocycles. The minimum atomic E-state index is 0. The van der Waals surface area contributed by atoms with Gasteiger partial charge in [-0.1, -0.05) is 18.2 Å². The highest BCUT2D eigenvalue weighted by atomic mass is 35.5. The maximum absolute atomic E-state index is 5.84. The quantitative estimate of drug-likeness (QED) is 0.909. The van der Waals surface area contributed by atoms with Crippen molar-refractivity contribution in [2.24, 2.45) is 0 Å². The number of ether oxygens (including phenoxy) is 1. The molecular formula is C16H21Cl2N3O. The number of pyridine rings is 1. The van der Waals surface area contributed by atoms with Crippen molar-refractivity contribution in [1.82, 2.24) is 15.2 Å². The van der Waals surface area contributed by atoms with Crippen LogP contribution in [-0.2, 0) is 11.3 Å². The molecule has 4 nitrogen and oxygen atoms in total. The maximum Gasteiger partial charge on any atom is 0.0867 e. The summed E-state index contributed by atoms with van der Waals surface area (Å²) < 4.78 is 5.84. The molecule has 2 aliphatic rings. The number of fused-ring (bicyclic) bond motifs is 2. The van der Waals surface area contributed by atoms with E-state index in [0.717, 1.165) is 32.8 Å². The number of benzene rings is 1. The van der Waals surface area contributed by atoms with E-state index in [9.17, 15) is 0 Å². The summed E-state index contributed by atoms with van der Waals surface area (Å²) in [5.74, 6) is 0. The fraction of sp³-hybridized carbons (Fsp3) is 0.438. The zero-order valence-electron chi connectivity index (χ0n) is 12.3. The molecule has 2 saturated heterocycles. The molecule has 22 heavy (non-hydrogen) atoms. The summed E-state index contributed by atoms with van der Waals surface area (Å²) in [6, 6.07) is 9.08. The molecule has 0 bridgehead atoms. The third-order valence-electron chi connectivity index (χ3n) is 4.35. The van der Waals surface area contributed by atoms with Crippen LogP contribution in [0.3, 0.4) is 0 Å². The highest BCUT2D eigenvalue weighted by Crippen LogP contribution is 2.23. The molecule has 0 spiro atoms. The number of morpholine rings is 1. The Balaban J connectivity index is 0.000000882. The van der Waals surface area contributed by atoms with Gasteiger partial charge in [-0.25, -0.2) is 0 Å². The van der Waals surface area contributed by atoms with Gasteiger partial charge in [0.1, 0.15) is 0 Å². The summed E-state index contributed by atoms with van der Waals surface area (Å²) >= 11 is 0. The highest BCUT2D eigenvalue weighted by Gasteiger charge is 2.35. The van der Waals surface area contributed by atoms with Crippen LogP contribution >= 0.6 is 24.8 Å². The molecule has 2 fully saturated rings. The lowest BCUT2D eigenvalue weighted by atomic mass is 10.1. The lowest BCUT2D eigenvalue weighted by molar-refractivity contribution is 0.0175. The van der Waals surface area contributed by atoms with Gasteiger partial charge in [0.2, 0.25) is 0 Å². The van der Waals surface area contributed by atoms with E-state index < -0.39 is 0 Å². The first-order valence-electron chi connectivity index (χ1n) is 7.29. The second kappa shape index (κ2) is 7.57. The first-order chi connectivity index (χ1) is 9.90. The van der Waals surface area contributed by atoms with Crippen LogP contribution in [0.2, 0.25) is 0 Å². The summed E-state index contributed by atoms with van der Waals surface area (Å²) in [7, 11) is 0. The van der Waals surface area contributed by atoms with Crippen molar-refractivity contribution in [2.45, 2.75) is 18.7 Å². The normalized spacial score (nSPS) is 24.4. The van der Waals surface area contributed by atoms with Crippen LogP contribution < -0.4 is 5.32 Å². The molecule has 3 heterocycles. The highest BCUT2D eigenvalue weighted by molar-refractivity contribution is 5.86. The minimum absolute atomic E-state index is 0. The summed E-state index contributed by atoms with van der Waals surface area (Å²) in [6.45, 7) is 4.91. The summed E-state index contributed by atoms with van der Waals surface area (Å²) in [5.41, 5.74) is 1.38. The first kappa shape index (κ1) is 17.4. The molecule has 2 atom stereocenters. The Hall–Kier alpha value is -0.910. The SMILES string of the molecule is Cl.Cl.c1cc(CN2C[C@@H]3NCCO[C@H]3C2)c2ccncc2c1. The zero-order valence-corrected chi connectivity index (χ0v) is 13.9. The van der Waals surface area contributed by atoms with Crippen LogP contribution in [0.25, 0.3) is 10.8 Å². The Kier molecular flexibility index (Phi) is 6.01. The molecule has 2 aliphatic heterocycles. The van der Waals surface area contributed by atoms with E-state index in [1.54, 1.807) is 0 Å². The number of halogens is 2. The lowest BCUT2D eigenvalue weighted by Gasteiger charge is -2.25. The molecule has 0 radical (unpaired) electrons. The molecule has 1 aromatic carbocycles. The predicted octanol–water partition coefficient (Wildman–Crippen LogP) is 2.25. The van der Waals surface area contributed by atoms with Gasteiger partial charge in [0, 0.05) is 50.0 Å². The van der Waals surface area contributed by atoms with Crippen LogP contribution in [0.4, 0.5) is 0 Å². The molecule has 4 rings (SSSR count). The third-order valence-corrected chi connectivity index (χ3v) is 4.35. The fourth-order valence-corrected chi connectivity index (χ4v) is 3.37. The Labute approximate surface area is 143 Å². The monoisotopic (exact) mass is 341 g/mol. The molecular weight excluding hydrogens is 321 g/mol. The van der Waals surface area contributed by atoms with E-state index >= 15 is 0 Å². The van der Waals surface area contributed by atoms with E-state index in [1.807, 2.05) is 12.4 Å². The van der Waals surface area contributed by atoms with Gasteiger partial charge in [-0.2, -0.15) is 0 Å². The molecule has 6 heteroatoms. The van der Waals surface area contributed by atoms with E-state index in [1.165, 1.54) is 16.3 Å². The second-order valence-electron chi connectivity index (χ2n) is 5.68. The fourth-order valence-electron chi connectivity index (χ4n) is 3.37. The number of rotatable bonds is 2. The van der Waals surface area contributed by atoms with Gasteiger partial charge in [0.15, 0.2) is 0 Å². The van der Waals surface area contributed by atoms with Crippen molar-refractivity contribution in [3.05, 3.63) is 42.2 Å². The van der Waals surface area contributed by atoms with Crippen molar-refractivity contribution in [2.75, 3.05) is 26.2 Å². The Morgan fingerprint density at radius 2 is 2.14 bits per heavy atom. The van der Waals surface area contributed by atoms with Crippen molar-refractivity contribution >= 4 is 35.6 Å². The predicted molar refractivity (Wildman–Crippen MR) is 93.0 cm³/mol. The van der Waals surface area contributed by atoms with Crippen molar-refractivity contribution in [3.63, 3.8) is 0 Å². The standard InChI is InChI=1S/C16H19N3O.2ClH/c1-2-12-8-17-5-4-14(12)13(3-1)9-19-10-15-16(11-19)20-7-6-18-15;;/h1-5,8,15-16,18H,6-7,9-11H2;2*1H/t15-,16-;;/m0../s1. The molecule has 0 saturated carbocycles. The summed E-state index contributed by atoms with van der Waals surface area (Å²) in [6.07, 6.45) is 4.17. The molecule has 0 amide bonds. The first-order valence-corrected chi connectivity index (χ1v) is 7.29. The second-order valence-corrected chi connectivity index (χ2v) is 5.68. The number of nitrogens with one attached hydrogen (secondary N) is 1. The van der Waals surface area contributed by atoms with Crippen LogP contribution in [0.1, 0.15) is 5.56 Å². The van der Waals surface area contributed by atoms with Gasteiger partial charge in [-0.15, -0.1) is 24.8 Å². The number of nitrogens with zero attached hydrogens (tertiary/aromatic N) is 2. The molecule has 1 N–H and O–H groups in total. The van der Waals surface area contributed by atoms with Crippen LogP contribution in [-0.4, -0.2) is 48.3 Å². The lowest BCUT2D eigenvalue weighted by Crippen LogP contribution is -2.47. The zero-order chi connectivity index (χ0) is 13.4. The van der Waals surface area contributed by atoms with Crippen molar-refractivity contribution in [1.29, 1.82) is 0 Å². The van der Waals surface area contributed by atoms with Crippen LogP contribution in [0.5, 0.6) is 0 Å². The van der Waals surface area contributed by atoms with Crippen LogP contribution in [0, 0.1) is 0 Å². The Bertz CT molecular complexity index is 606. The largest absolute Gasteiger partial charge is 0.374 e. The van der Waals surface area contributed by atoms with Crippen LogP contribution in [0.15, 0.2) is 36.7 Å². The average molecular weight is 342 g/mol. The van der Waals surface area contributed by atoms with E-state index in [2.05, 4.69) is 39.5 Å². The van der Waals surface area contributed by atoms with Crippen molar-refractivity contribution in [3.8, 4) is 0 Å². The van der Waals surface area contributed by atoms with E-state index in [0.29, 0.717) is 12.1 Å². The number of hydrogen-bond acceptors (Lipinski definition) is 4. The van der Waals surface area contributed by atoms with Gasteiger partial charge in [0.05, 0.1) is 12.7 Å². The maximum atomic E-state index is 5.84. The number of hydrogen-bond donors (Lipinski definition) is 1. The number of aromatic nitrogens is 1. The molecule has 2 aromatic rings. The van der Waals surface area contributed by atoms with Gasteiger partial charge in [-0.3, -0.25) is 9.88 Å². The van der Waals surface area contributed by atoms with Gasteiger partial charge in [-0.05, 0) is 17.0 Å². The average Bonchev–Trinajstić information content (AvgIpc) is 2.90. The molecule has 0 unspecified atom stereocenters. The van der Waals surface area contributed by atoms with Gasteiger partial charge in [0.25, 0.3) is 0 Å². The Morgan fingerprint density at radius 3 is 3.00 bits per heavy atom. The summed E-state index contributed by atoms with van der Waals surface area (Å²) in [4.78, 5) is 6.69. The van der Waals surface area contributed by atoms with Crippen molar-refractivity contribution < 1.29 is 4.74 Å². The van der Waals surface area contributed by atoms with Gasteiger partial charge >= 0.3 is 0 Å². The Morgan fingerprint density at radius 1 is 1.23 bits per heavy atom. The minimum Gasteiger partial charge on any atom is -0.374 e. The smallest absolute Gasteiger partial charge is 0.0867 e. The molecule has 120 valence electrons. The van der Waals surface area contributed by atoms with E-state index in [4.69, 9.17) is 4.74 Å². The topological polar surface area (TPSA) is 37.4 Å². The number of likely N-dealkylation sites (tertiary alicyclic amines) is 1. The summed E-state index contributed by atoms with van der Waals surface area (Å²) in [5, 5.41) is 6.09. The van der Waals surface area contributed by atoms with Gasteiger partial charge < -0.3 is 10.1 Å². The third kappa shape index (κ3) is 3.36. The van der Waals surface area contributed by atoms with E-state index in [-0.39, 0.29) is 24.8 Å².